The predicted molar refractivity (Wildman–Crippen MR) is 79.7 cm³/mol. The van der Waals surface area contributed by atoms with Crippen LogP contribution in [0.1, 0.15) is 5.69 Å². The summed E-state index contributed by atoms with van der Waals surface area (Å²) in [5.41, 5.74) is 5.10. The minimum atomic E-state index is -1.37. The van der Waals surface area contributed by atoms with E-state index in [4.69, 9.17) is 4.74 Å². The monoisotopic (exact) mass is 322 g/mol. The second-order valence-electron chi connectivity index (χ2n) is 5.06. The van der Waals surface area contributed by atoms with Gasteiger partial charge in [0, 0.05) is 12.3 Å². The van der Waals surface area contributed by atoms with Gasteiger partial charge in [0.2, 0.25) is 0 Å². The van der Waals surface area contributed by atoms with E-state index in [0.29, 0.717) is 0 Å². The van der Waals surface area contributed by atoms with Gasteiger partial charge >= 0.3 is 0 Å². The average Bonchev–Trinajstić information content (AvgIpc) is 2.66. The Morgan fingerprint density at radius 1 is 1.39 bits per heavy atom. The molecule has 0 unspecified atom stereocenters. The highest BCUT2D eigenvalue weighted by molar-refractivity contribution is 9.10. The third kappa shape index (κ3) is 2.77. The van der Waals surface area contributed by atoms with Crippen molar-refractivity contribution in [2.75, 3.05) is 7.11 Å². The highest BCUT2D eigenvalue weighted by Crippen LogP contribution is 2.26. The number of hydrogen-bond donors (Lipinski definition) is 0. The van der Waals surface area contributed by atoms with Gasteiger partial charge in [0.1, 0.15) is 25.2 Å². The summed E-state index contributed by atoms with van der Waals surface area (Å²) in [5, 5.41) is 0. The van der Waals surface area contributed by atoms with Crippen molar-refractivity contribution >= 4 is 29.7 Å². The zero-order valence-corrected chi connectivity index (χ0v) is 13.5. The molecule has 2 rings (SSSR count). The van der Waals surface area contributed by atoms with Gasteiger partial charge in [-0.25, -0.2) is 4.98 Å². The van der Waals surface area contributed by atoms with Gasteiger partial charge in [-0.3, -0.25) is 4.40 Å². The molecule has 0 aliphatic carbocycles. The smallest absolute Gasteiger partial charge is 0.141 e. The highest BCUT2D eigenvalue weighted by atomic mass is 79.9. The van der Waals surface area contributed by atoms with E-state index in [1.165, 1.54) is 0 Å². The molecule has 2 aromatic rings. The van der Waals surface area contributed by atoms with Crippen molar-refractivity contribution in [2.45, 2.75) is 19.6 Å². The zero-order chi connectivity index (χ0) is 13.3. The summed E-state index contributed by atoms with van der Waals surface area (Å²) in [6.45, 7) is 6.67. The second kappa shape index (κ2) is 4.79. The molecule has 0 fully saturated rings. The number of nitrogens with zero attached hydrogens (tertiary/aromatic N) is 2. The molecule has 0 atom stereocenters. The first-order valence-electron chi connectivity index (χ1n) is 5.64. The van der Waals surface area contributed by atoms with E-state index in [9.17, 15) is 0 Å². The number of fused-ring (bicyclic) bond motifs is 1. The Labute approximate surface area is 116 Å². The van der Waals surface area contributed by atoms with Gasteiger partial charge in [-0.15, -0.1) is 5.54 Å². The largest absolute Gasteiger partial charge is 0.495 e. The van der Waals surface area contributed by atoms with Crippen LogP contribution in [0, 0.1) is 11.5 Å². The van der Waals surface area contributed by atoms with Gasteiger partial charge in [-0.1, -0.05) is 25.6 Å². The quantitative estimate of drug-likeness (QED) is 0.594. The molecule has 0 saturated carbocycles. The van der Waals surface area contributed by atoms with E-state index in [1.54, 1.807) is 13.3 Å². The fourth-order valence-electron chi connectivity index (χ4n) is 1.48. The lowest BCUT2D eigenvalue weighted by molar-refractivity contribution is 0.412. The maximum atomic E-state index is 5.25. The molecule has 0 spiro atoms. The lowest BCUT2D eigenvalue weighted by Gasteiger charge is -2.05. The topological polar surface area (TPSA) is 26.5 Å². The molecule has 0 saturated heterocycles. The number of ether oxygens (including phenoxy) is 1. The van der Waals surface area contributed by atoms with Gasteiger partial charge in [0.05, 0.1) is 17.8 Å². The van der Waals surface area contributed by atoms with Crippen molar-refractivity contribution in [1.29, 1.82) is 0 Å². The number of hydrogen-bond acceptors (Lipinski definition) is 2. The number of imidazole rings is 1. The fourth-order valence-corrected chi connectivity index (χ4v) is 2.47. The minimum absolute atomic E-state index is 0.776. The van der Waals surface area contributed by atoms with Gasteiger partial charge < -0.3 is 4.74 Å². The zero-order valence-electron chi connectivity index (χ0n) is 10.9. The van der Waals surface area contributed by atoms with Crippen LogP contribution >= 0.6 is 15.9 Å². The van der Waals surface area contributed by atoms with Gasteiger partial charge in [-0.05, 0) is 15.9 Å². The SMILES string of the molecule is COc1cc2ncc(C#C[Si](C)(C)C)n2cc1Br. The van der Waals surface area contributed by atoms with Crippen LogP contribution in [0.3, 0.4) is 0 Å². The Kier molecular flexibility index (Phi) is 3.51. The number of aromatic nitrogens is 2. The fraction of sp³-hybridized carbons (Fsp3) is 0.308. The van der Waals surface area contributed by atoms with Crippen LogP contribution in [0.2, 0.25) is 19.6 Å². The maximum absolute atomic E-state index is 5.25. The standard InChI is InChI=1S/C13H15BrN2OSi/c1-17-12-7-13-15-8-10(5-6-18(2,3)4)16(13)9-11(12)14/h7-9H,1-4H3. The Hall–Kier alpha value is -1.25. The van der Waals surface area contributed by atoms with Crippen LogP contribution in [0.5, 0.6) is 5.75 Å². The maximum Gasteiger partial charge on any atom is 0.141 e. The van der Waals surface area contributed by atoms with E-state index in [1.807, 2.05) is 16.7 Å². The molecule has 0 aromatic carbocycles. The predicted octanol–water partition coefficient (Wildman–Crippen LogP) is 3.33. The van der Waals surface area contributed by atoms with E-state index < -0.39 is 8.07 Å². The molecule has 2 aromatic heterocycles. The van der Waals surface area contributed by atoms with E-state index >= 15 is 0 Å². The molecule has 18 heavy (non-hydrogen) atoms. The summed E-state index contributed by atoms with van der Waals surface area (Å²) < 4.78 is 8.11. The highest BCUT2D eigenvalue weighted by Gasteiger charge is 2.09. The van der Waals surface area contributed by atoms with Crippen LogP contribution in [0.25, 0.3) is 5.65 Å². The van der Waals surface area contributed by atoms with Crippen LogP contribution in [0.4, 0.5) is 0 Å². The van der Waals surface area contributed by atoms with Gasteiger partial charge in [-0.2, -0.15) is 0 Å². The summed E-state index contributed by atoms with van der Waals surface area (Å²) >= 11 is 3.47. The van der Waals surface area contributed by atoms with E-state index in [-0.39, 0.29) is 0 Å². The molecule has 0 aliphatic rings. The van der Waals surface area contributed by atoms with E-state index in [0.717, 1.165) is 21.6 Å². The second-order valence-corrected chi connectivity index (χ2v) is 10.7. The number of methoxy groups -OCH3 is 1. The lowest BCUT2D eigenvalue weighted by atomic mass is 10.4. The molecule has 0 radical (unpaired) electrons. The van der Waals surface area contributed by atoms with Crippen LogP contribution < -0.4 is 4.74 Å². The van der Waals surface area contributed by atoms with Crippen molar-refractivity contribution in [3.63, 3.8) is 0 Å². The van der Waals surface area contributed by atoms with Crippen molar-refractivity contribution in [2.24, 2.45) is 0 Å². The van der Waals surface area contributed by atoms with Crippen molar-refractivity contribution in [3.8, 4) is 17.2 Å². The van der Waals surface area contributed by atoms with E-state index in [2.05, 4.69) is 52.0 Å². The summed E-state index contributed by atoms with van der Waals surface area (Å²) in [6, 6.07) is 1.89. The first-order valence-corrected chi connectivity index (χ1v) is 9.94. The number of halogens is 1. The molecule has 94 valence electrons. The van der Waals surface area contributed by atoms with Gasteiger partial charge in [0.15, 0.2) is 0 Å². The van der Waals surface area contributed by atoms with Crippen LogP contribution in [-0.2, 0) is 0 Å². The molecule has 2 heterocycles. The normalized spacial score (nSPS) is 11.2. The third-order valence-electron chi connectivity index (χ3n) is 2.35. The third-order valence-corrected chi connectivity index (χ3v) is 3.82. The summed E-state index contributed by atoms with van der Waals surface area (Å²) in [7, 11) is 0.274. The summed E-state index contributed by atoms with van der Waals surface area (Å²) in [4.78, 5) is 4.34. The average molecular weight is 323 g/mol. The van der Waals surface area contributed by atoms with Crippen molar-refractivity contribution in [1.82, 2.24) is 9.38 Å². The first kappa shape index (κ1) is 13.2. The lowest BCUT2D eigenvalue weighted by Crippen LogP contribution is -2.16. The van der Waals surface area contributed by atoms with Crippen LogP contribution in [-0.4, -0.2) is 24.6 Å². The van der Waals surface area contributed by atoms with Gasteiger partial charge in [0.25, 0.3) is 0 Å². The summed E-state index contributed by atoms with van der Waals surface area (Å²) in [6.07, 6.45) is 3.74. The van der Waals surface area contributed by atoms with Crippen LogP contribution in [0.15, 0.2) is 22.9 Å². The Morgan fingerprint density at radius 3 is 2.72 bits per heavy atom. The molecule has 0 N–H and O–H groups in total. The van der Waals surface area contributed by atoms with Crippen molar-refractivity contribution < 1.29 is 4.74 Å². The first-order chi connectivity index (χ1) is 8.40. The molecular formula is C13H15BrN2OSi. The Morgan fingerprint density at radius 2 is 2.11 bits per heavy atom. The molecule has 0 aliphatic heterocycles. The molecule has 3 nitrogen and oxygen atoms in total. The van der Waals surface area contributed by atoms with Crippen molar-refractivity contribution in [3.05, 3.63) is 28.6 Å². The number of rotatable bonds is 1. The Balaban J connectivity index is 2.54. The number of pyridine rings is 1. The Bertz CT molecular complexity index is 647. The molecule has 0 amide bonds. The molecule has 0 bridgehead atoms. The minimum Gasteiger partial charge on any atom is -0.495 e. The summed E-state index contributed by atoms with van der Waals surface area (Å²) in [5.74, 6) is 4.00. The molecular weight excluding hydrogens is 308 g/mol. The molecule has 5 heteroatoms.